The van der Waals surface area contributed by atoms with Gasteiger partial charge in [0.05, 0.1) is 23.9 Å². The van der Waals surface area contributed by atoms with E-state index in [-0.39, 0.29) is 22.9 Å². The molecule has 4 rings (SSSR count). The minimum absolute atomic E-state index is 0.0495. The van der Waals surface area contributed by atoms with Crippen molar-refractivity contribution in [2.75, 3.05) is 29.5 Å². The maximum Gasteiger partial charge on any atom is 0.300 e. The molecule has 1 atom stereocenters. The third-order valence-electron chi connectivity index (χ3n) is 7.16. The maximum absolute atomic E-state index is 15.0. The highest BCUT2D eigenvalue weighted by molar-refractivity contribution is 6.51. The second kappa shape index (κ2) is 11.9. The molecule has 1 saturated heterocycles. The van der Waals surface area contributed by atoms with Crippen LogP contribution in [0.3, 0.4) is 0 Å². The van der Waals surface area contributed by atoms with E-state index in [1.165, 1.54) is 0 Å². The molecule has 1 aliphatic rings. The first-order chi connectivity index (χ1) is 19.1. The van der Waals surface area contributed by atoms with Crippen LogP contribution in [0, 0.1) is 11.6 Å². The molecule has 8 heteroatoms. The van der Waals surface area contributed by atoms with E-state index in [9.17, 15) is 19.1 Å². The van der Waals surface area contributed by atoms with Gasteiger partial charge in [-0.1, -0.05) is 26.0 Å². The minimum Gasteiger partial charge on any atom is -0.507 e. The van der Waals surface area contributed by atoms with Crippen molar-refractivity contribution in [3.05, 3.63) is 94.6 Å². The zero-order chi connectivity index (χ0) is 29.1. The molecule has 40 heavy (non-hydrogen) atoms. The van der Waals surface area contributed by atoms with Gasteiger partial charge in [0.15, 0.2) is 0 Å². The van der Waals surface area contributed by atoms with E-state index in [1.807, 2.05) is 46.8 Å². The lowest BCUT2D eigenvalue weighted by Gasteiger charge is -2.27. The van der Waals surface area contributed by atoms with Crippen molar-refractivity contribution >= 4 is 28.8 Å². The Labute approximate surface area is 233 Å². The molecule has 0 spiro atoms. The van der Waals surface area contributed by atoms with Crippen molar-refractivity contribution in [1.82, 2.24) is 0 Å². The van der Waals surface area contributed by atoms with Crippen molar-refractivity contribution in [3.8, 4) is 5.75 Å². The first kappa shape index (κ1) is 28.8. The van der Waals surface area contributed by atoms with E-state index in [0.29, 0.717) is 29.5 Å². The van der Waals surface area contributed by atoms with E-state index in [4.69, 9.17) is 4.74 Å². The monoisotopic (exact) mass is 548 g/mol. The molecule has 1 unspecified atom stereocenters. The lowest BCUT2D eigenvalue weighted by atomic mass is 9.93. The molecule has 0 aliphatic carbocycles. The number of carbonyl (C=O) groups is 2. The molecule has 210 valence electrons. The van der Waals surface area contributed by atoms with Gasteiger partial charge in [-0.05, 0) is 80.3 Å². The van der Waals surface area contributed by atoms with Crippen LogP contribution in [0.25, 0.3) is 5.76 Å². The Morgan fingerprint density at radius 3 is 2.23 bits per heavy atom. The van der Waals surface area contributed by atoms with Crippen LogP contribution in [-0.2, 0) is 9.59 Å². The summed E-state index contributed by atoms with van der Waals surface area (Å²) in [6, 6.07) is 14.0. The lowest BCUT2D eigenvalue weighted by molar-refractivity contribution is -0.132. The normalized spacial score (nSPS) is 16.6. The second-order valence-corrected chi connectivity index (χ2v) is 9.87. The number of nitrogens with zero attached hydrogens (tertiary/aromatic N) is 2. The Bertz CT molecular complexity index is 1450. The summed E-state index contributed by atoms with van der Waals surface area (Å²) in [5.74, 6) is -3.45. The molecular weight excluding hydrogens is 514 g/mol. The number of amides is 1. The minimum atomic E-state index is -1.14. The van der Waals surface area contributed by atoms with Crippen LogP contribution in [0.4, 0.5) is 20.2 Å². The van der Waals surface area contributed by atoms with Gasteiger partial charge in [0.2, 0.25) is 0 Å². The average Bonchev–Trinajstić information content (AvgIpc) is 3.19. The third-order valence-corrected chi connectivity index (χ3v) is 7.16. The van der Waals surface area contributed by atoms with Crippen molar-refractivity contribution < 1.29 is 28.2 Å². The molecule has 3 aromatic carbocycles. The fourth-order valence-corrected chi connectivity index (χ4v) is 5.12. The van der Waals surface area contributed by atoms with Gasteiger partial charge in [-0.15, -0.1) is 0 Å². The number of ketones is 1. The molecule has 1 fully saturated rings. The number of ether oxygens (including phenoxy) is 1. The summed E-state index contributed by atoms with van der Waals surface area (Å²) in [5, 5.41) is 11.5. The lowest BCUT2D eigenvalue weighted by Crippen LogP contribution is -2.30. The van der Waals surface area contributed by atoms with Gasteiger partial charge in [-0.2, -0.15) is 0 Å². The third kappa shape index (κ3) is 5.30. The van der Waals surface area contributed by atoms with Gasteiger partial charge in [-0.3, -0.25) is 14.5 Å². The van der Waals surface area contributed by atoms with Crippen molar-refractivity contribution in [2.45, 2.75) is 46.6 Å². The highest BCUT2D eigenvalue weighted by Crippen LogP contribution is 2.44. The maximum atomic E-state index is 15.0. The first-order valence-electron chi connectivity index (χ1n) is 13.5. The summed E-state index contributed by atoms with van der Waals surface area (Å²) in [5.41, 5.74) is 2.15. The number of hydrogen-bond acceptors (Lipinski definition) is 5. The zero-order valence-corrected chi connectivity index (χ0v) is 23.4. The van der Waals surface area contributed by atoms with Crippen molar-refractivity contribution in [2.24, 2.45) is 0 Å². The summed E-state index contributed by atoms with van der Waals surface area (Å²) < 4.78 is 34.5. The number of aliphatic hydroxyl groups is 1. The smallest absolute Gasteiger partial charge is 0.300 e. The van der Waals surface area contributed by atoms with Crippen LogP contribution < -0.4 is 14.5 Å². The van der Waals surface area contributed by atoms with Crippen LogP contribution in [0.1, 0.15) is 63.3 Å². The Morgan fingerprint density at radius 1 is 0.975 bits per heavy atom. The predicted molar refractivity (Wildman–Crippen MR) is 153 cm³/mol. The van der Waals surface area contributed by atoms with Gasteiger partial charge < -0.3 is 14.7 Å². The van der Waals surface area contributed by atoms with Crippen LogP contribution in [0.5, 0.6) is 5.75 Å². The van der Waals surface area contributed by atoms with E-state index < -0.39 is 29.4 Å². The SMILES string of the molecule is CCOc1ccc(/C(O)=C2/C(=O)C(=O)N(c3ccc(F)cc3F)C2c2ccc(N(CC)CC)cc2)cc1C(C)C. The standard InChI is InChI=1S/C32H34F2N2O4/c1-6-35(7-2)23-13-9-20(10-14-23)29-28(30(37)21-11-16-27(40-8-3)24(17-21)19(4)5)31(38)32(39)36(29)26-15-12-22(33)18-25(26)34/h9-19,29,37H,6-8H2,1-5H3/b30-28-. The molecule has 0 bridgehead atoms. The highest BCUT2D eigenvalue weighted by atomic mass is 19.1. The quantitative estimate of drug-likeness (QED) is 0.178. The van der Waals surface area contributed by atoms with Gasteiger partial charge in [0.25, 0.3) is 11.7 Å². The van der Waals surface area contributed by atoms with Gasteiger partial charge in [0.1, 0.15) is 23.1 Å². The first-order valence-corrected chi connectivity index (χ1v) is 13.5. The Balaban J connectivity index is 1.93. The molecule has 0 aromatic heterocycles. The second-order valence-electron chi connectivity index (χ2n) is 9.87. The van der Waals surface area contributed by atoms with E-state index in [1.54, 1.807) is 30.3 Å². The van der Waals surface area contributed by atoms with Gasteiger partial charge in [-0.25, -0.2) is 8.78 Å². The van der Waals surface area contributed by atoms with Crippen LogP contribution in [-0.4, -0.2) is 36.5 Å². The van der Waals surface area contributed by atoms with Crippen LogP contribution in [0.2, 0.25) is 0 Å². The fourth-order valence-electron chi connectivity index (χ4n) is 5.12. The van der Waals surface area contributed by atoms with Gasteiger partial charge in [0, 0.05) is 30.4 Å². The van der Waals surface area contributed by atoms with Crippen molar-refractivity contribution in [3.63, 3.8) is 0 Å². The Morgan fingerprint density at radius 2 is 1.65 bits per heavy atom. The molecule has 0 radical (unpaired) electrons. The number of rotatable bonds is 9. The fraction of sp³-hybridized carbons (Fsp3) is 0.312. The summed E-state index contributed by atoms with van der Waals surface area (Å²) in [6.45, 7) is 11.9. The summed E-state index contributed by atoms with van der Waals surface area (Å²) in [6.07, 6.45) is 0. The number of aliphatic hydroxyl groups excluding tert-OH is 1. The highest BCUT2D eigenvalue weighted by Gasteiger charge is 2.47. The number of hydrogen-bond donors (Lipinski definition) is 1. The number of anilines is 2. The van der Waals surface area contributed by atoms with E-state index in [2.05, 4.69) is 4.90 Å². The molecule has 1 heterocycles. The van der Waals surface area contributed by atoms with E-state index >= 15 is 4.39 Å². The molecule has 1 aliphatic heterocycles. The van der Waals surface area contributed by atoms with Gasteiger partial charge >= 0.3 is 0 Å². The summed E-state index contributed by atoms with van der Waals surface area (Å²) >= 11 is 0. The average molecular weight is 549 g/mol. The summed E-state index contributed by atoms with van der Waals surface area (Å²) in [4.78, 5) is 30.0. The molecule has 3 aromatic rings. The molecular formula is C32H34F2N2O4. The molecule has 1 amide bonds. The number of Topliss-reactive ketones (excluding diaryl/α,β-unsaturated/α-hetero) is 1. The number of carbonyl (C=O) groups excluding carboxylic acids is 2. The topological polar surface area (TPSA) is 70.1 Å². The number of halogens is 2. The Kier molecular flexibility index (Phi) is 8.57. The van der Waals surface area contributed by atoms with Crippen LogP contribution >= 0.6 is 0 Å². The summed E-state index contributed by atoms with van der Waals surface area (Å²) in [7, 11) is 0. The Hall–Kier alpha value is -4.20. The van der Waals surface area contributed by atoms with Crippen LogP contribution in [0.15, 0.2) is 66.2 Å². The molecule has 0 saturated carbocycles. The predicted octanol–water partition coefficient (Wildman–Crippen LogP) is 6.96. The van der Waals surface area contributed by atoms with Crippen molar-refractivity contribution in [1.29, 1.82) is 0 Å². The zero-order valence-electron chi connectivity index (χ0n) is 23.4. The van der Waals surface area contributed by atoms with E-state index in [0.717, 1.165) is 41.4 Å². The largest absolute Gasteiger partial charge is 0.507 e. The molecule has 1 N–H and O–H groups in total. The number of benzene rings is 3. The molecule has 6 nitrogen and oxygen atoms in total.